The molecular formula is C42H47N5O6. The van der Waals surface area contributed by atoms with Gasteiger partial charge in [-0.25, -0.2) is 4.79 Å². The van der Waals surface area contributed by atoms with Crippen LogP contribution in [0.4, 0.5) is 16.2 Å². The number of carboxylic acid groups (broad SMARTS) is 1. The molecule has 0 saturated heterocycles. The summed E-state index contributed by atoms with van der Waals surface area (Å²) >= 11 is 0. The monoisotopic (exact) mass is 717 g/mol. The number of aromatic nitrogens is 1. The maximum atomic E-state index is 12.9. The molecule has 1 aromatic heterocycles. The lowest BCUT2D eigenvalue weighted by Gasteiger charge is -2.35. The van der Waals surface area contributed by atoms with Crippen molar-refractivity contribution in [1.82, 2.24) is 10.3 Å². The summed E-state index contributed by atoms with van der Waals surface area (Å²) in [5.41, 5.74) is 12.0. The second kappa shape index (κ2) is 17.4. The van der Waals surface area contributed by atoms with Crippen LogP contribution in [0.5, 0.6) is 5.75 Å². The number of benzene rings is 4. The van der Waals surface area contributed by atoms with E-state index in [1.54, 1.807) is 12.1 Å². The summed E-state index contributed by atoms with van der Waals surface area (Å²) in [6.45, 7) is 0.905. The van der Waals surface area contributed by atoms with Crippen molar-refractivity contribution in [3.63, 3.8) is 0 Å². The van der Waals surface area contributed by atoms with Crippen LogP contribution in [-0.2, 0) is 17.6 Å². The SMILES string of the molecule is NC1CCC(N(C(=O)O)c2cc(CCCC(=O)Nc3ccc(CCNC[C@@H](O)c4ccc(O)c5[nH]c(=O)ccc45)cc3)ccc2-c2ccccc2)CC1. The van der Waals surface area contributed by atoms with Crippen molar-refractivity contribution in [3.05, 3.63) is 124 Å². The highest BCUT2D eigenvalue weighted by Crippen LogP contribution is 2.36. The molecule has 2 amide bonds. The number of aliphatic hydroxyl groups excluding tert-OH is 1. The molecule has 1 heterocycles. The number of amides is 2. The Labute approximate surface area is 308 Å². The van der Waals surface area contributed by atoms with Crippen molar-refractivity contribution >= 4 is 34.3 Å². The van der Waals surface area contributed by atoms with Crippen LogP contribution < -0.4 is 26.8 Å². The van der Waals surface area contributed by atoms with E-state index in [4.69, 9.17) is 5.73 Å². The van der Waals surface area contributed by atoms with Gasteiger partial charge in [-0.05, 0) is 104 Å². The van der Waals surface area contributed by atoms with E-state index in [9.17, 15) is 29.7 Å². The minimum atomic E-state index is -0.972. The van der Waals surface area contributed by atoms with Crippen molar-refractivity contribution in [1.29, 1.82) is 0 Å². The van der Waals surface area contributed by atoms with Crippen LogP contribution in [0.15, 0.2) is 102 Å². The second-order valence-electron chi connectivity index (χ2n) is 13.8. The van der Waals surface area contributed by atoms with Crippen LogP contribution >= 0.6 is 0 Å². The van der Waals surface area contributed by atoms with E-state index in [1.807, 2.05) is 72.8 Å². The van der Waals surface area contributed by atoms with Crippen LogP contribution in [-0.4, -0.2) is 57.5 Å². The molecule has 4 aromatic carbocycles. The van der Waals surface area contributed by atoms with Crippen molar-refractivity contribution in [2.45, 2.75) is 69.6 Å². The molecule has 11 heteroatoms. The molecule has 0 bridgehead atoms. The normalized spacial score (nSPS) is 16.3. The Morgan fingerprint density at radius 2 is 1.62 bits per heavy atom. The third kappa shape index (κ3) is 9.50. The number of H-pyrrole nitrogens is 1. The fraction of sp³-hybridized carbons (Fsp3) is 0.310. The zero-order valence-electron chi connectivity index (χ0n) is 29.6. The molecule has 0 radical (unpaired) electrons. The number of aromatic hydroxyl groups is 1. The number of anilines is 2. The first-order valence-corrected chi connectivity index (χ1v) is 18.2. The summed E-state index contributed by atoms with van der Waals surface area (Å²) in [5, 5.41) is 38.1. The molecule has 53 heavy (non-hydrogen) atoms. The van der Waals surface area contributed by atoms with E-state index in [0.29, 0.717) is 66.6 Å². The predicted molar refractivity (Wildman–Crippen MR) is 208 cm³/mol. The van der Waals surface area contributed by atoms with Crippen LogP contribution in [0.3, 0.4) is 0 Å². The smallest absolute Gasteiger partial charge is 0.412 e. The first-order valence-electron chi connectivity index (χ1n) is 18.2. The number of nitrogens with one attached hydrogen (secondary N) is 3. The summed E-state index contributed by atoms with van der Waals surface area (Å²) in [5.74, 6) is -0.141. The van der Waals surface area contributed by atoms with E-state index in [-0.39, 0.29) is 29.3 Å². The number of hydrogen-bond donors (Lipinski definition) is 7. The van der Waals surface area contributed by atoms with Crippen LogP contribution in [0.2, 0.25) is 0 Å². The quantitative estimate of drug-likeness (QED) is 0.0637. The number of carbonyl (C=O) groups is 2. The molecule has 1 aliphatic carbocycles. The first-order chi connectivity index (χ1) is 25.7. The second-order valence-corrected chi connectivity index (χ2v) is 13.8. The maximum absolute atomic E-state index is 12.9. The van der Waals surface area contributed by atoms with Gasteiger partial charge in [-0.15, -0.1) is 0 Å². The largest absolute Gasteiger partial charge is 0.506 e. The number of nitrogens with zero attached hydrogens (tertiary/aromatic N) is 1. The van der Waals surface area contributed by atoms with Crippen LogP contribution in [0, 0.1) is 0 Å². The number of nitrogens with two attached hydrogens (primary N) is 1. The number of phenols is 1. The molecule has 0 unspecified atom stereocenters. The standard InChI is InChI=1S/C42H47N5O6/c43-30-12-16-32(17-13-30)47(42(52)53)36-25-28(11-18-33(36)29-6-2-1-3-7-29)5-4-8-39(50)45-31-14-9-27(10-15-31)23-24-44-26-38(49)34-19-21-37(48)41-35(34)20-22-40(51)46-41/h1-3,6-7,9-11,14-15,18-22,25,30,32,38,44,48-49H,4-5,8,12-13,16-17,23-24,26,43H2,(H,45,50)(H,46,51)(H,52,53)/t30?,32?,38-/m1/s1. The minimum absolute atomic E-state index is 0.0489. The Hall–Kier alpha value is -5.49. The maximum Gasteiger partial charge on any atom is 0.412 e. The third-order valence-electron chi connectivity index (χ3n) is 10.0. The Morgan fingerprint density at radius 3 is 2.36 bits per heavy atom. The fourth-order valence-electron chi connectivity index (χ4n) is 7.17. The molecule has 11 nitrogen and oxygen atoms in total. The Kier molecular flexibility index (Phi) is 12.2. The number of hydrogen-bond acceptors (Lipinski definition) is 7. The molecule has 5 aromatic rings. The van der Waals surface area contributed by atoms with Crippen LogP contribution in [0.25, 0.3) is 22.0 Å². The first kappa shape index (κ1) is 37.3. The molecule has 1 aliphatic rings. The van der Waals surface area contributed by atoms with Crippen molar-refractivity contribution in [2.75, 3.05) is 23.3 Å². The van der Waals surface area contributed by atoms with E-state index in [0.717, 1.165) is 47.9 Å². The lowest BCUT2D eigenvalue weighted by molar-refractivity contribution is -0.116. The molecule has 6 rings (SSSR count). The predicted octanol–water partition coefficient (Wildman–Crippen LogP) is 6.48. The highest BCUT2D eigenvalue weighted by Gasteiger charge is 2.30. The van der Waals surface area contributed by atoms with E-state index < -0.39 is 12.2 Å². The molecule has 0 spiro atoms. The molecule has 276 valence electrons. The molecule has 0 aliphatic heterocycles. The average molecular weight is 718 g/mol. The summed E-state index contributed by atoms with van der Waals surface area (Å²) in [6, 6.07) is 29.5. The number of aliphatic hydroxyl groups is 1. The zero-order valence-corrected chi connectivity index (χ0v) is 29.6. The average Bonchev–Trinajstić information content (AvgIpc) is 3.15. The Bertz CT molecular complexity index is 2080. The highest BCUT2D eigenvalue weighted by atomic mass is 16.4. The number of rotatable bonds is 14. The molecule has 1 fully saturated rings. The number of pyridine rings is 1. The molecule has 1 saturated carbocycles. The van der Waals surface area contributed by atoms with Gasteiger partial charge in [0.1, 0.15) is 5.75 Å². The van der Waals surface area contributed by atoms with Crippen molar-refractivity contribution in [2.24, 2.45) is 5.73 Å². The van der Waals surface area contributed by atoms with E-state index in [1.165, 1.54) is 17.0 Å². The van der Waals surface area contributed by atoms with Gasteiger partial charge in [-0.1, -0.05) is 60.7 Å². The Morgan fingerprint density at radius 1 is 0.887 bits per heavy atom. The number of fused-ring (bicyclic) bond motifs is 1. The van der Waals surface area contributed by atoms with Gasteiger partial charge < -0.3 is 36.7 Å². The van der Waals surface area contributed by atoms with E-state index in [2.05, 4.69) is 15.6 Å². The number of carbonyl (C=O) groups excluding carboxylic acids is 1. The molecule has 8 N–H and O–H groups in total. The van der Waals surface area contributed by atoms with Crippen LogP contribution in [0.1, 0.15) is 61.3 Å². The zero-order chi connectivity index (χ0) is 37.3. The van der Waals surface area contributed by atoms with Gasteiger partial charge in [-0.2, -0.15) is 0 Å². The van der Waals surface area contributed by atoms with E-state index >= 15 is 0 Å². The third-order valence-corrected chi connectivity index (χ3v) is 10.0. The summed E-state index contributed by atoms with van der Waals surface area (Å²) in [6.07, 6.45) is 3.49. The lowest BCUT2D eigenvalue weighted by Crippen LogP contribution is -2.44. The minimum Gasteiger partial charge on any atom is -0.506 e. The number of aromatic amines is 1. The Balaban J connectivity index is 0.992. The lowest BCUT2D eigenvalue weighted by atomic mass is 9.89. The van der Waals surface area contributed by atoms with Gasteiger partial charge in [0.25, 0.3) is 0 Å². The summed E-state index contributed by atoms with van der Waals surface area (Å²) in [7, 11) is 0. The van der Waals surface area contributed by atoms with Gasteiger partial charge in [0.2, 0.25) is 11.5 Å². The van der Waals surface area contributed by atoms with Gasteiger partial charge in [0, 0.05) is 47.8 Å². The summed E-state index contributed by atoms with van der Waals surface area (Å²) in [4.78, 5) is 41.4. The number of phenolic OH excluding ortho intramolecular Hbond substituents is 1. The molecule has 1 atom stereocenters. The molecular weight excluding hydrogens is 670 g/mol. The fourth-order valence-corrected chi connectivity index (χ4v) is 7.17. The van der Waals surface area contributed by atoms with Gasteiger partial charge in [0.05, 0.1) is 17.3 Å². The topological polar surface area (TPSA) is 181 Å². The van der Waals surface area contributed by atoms with Crippen molar-refractivity contribution < 1.29 is 24.9 Å². The van der Waals surface area contributed by atoms with Crippen molar-refractivity contribution in [3.8, 4) is 16.9 Å². The van der Waals surface area contributed by atoms with Gasteiger partial charge in [-0.3, -0.25) is 14.5 Å². The number of aryl methyl sites for hydroxylation is 1. The van der Waals surface area contributed by atoms with Gasteiger partial charge in [0.15, 0.2) is 0 Å². The summed E-state index contributed by atoms with van der Waals surface area (Å²) < 4.78 is 0. The van der Waals surface area contributed by atoms with Gasteiger partial charge >= 0.3 is 6.09 Å². The highest BCUT2D eigenvalue weighted by molar-refractivity contribution is 5.94.